The van der Waals surface area contributed by atoms with E-state index < -0.39 is 5.54 Å². The van der Waals surface area contributed by atoms with Gasteiger partial charge in [-0.25, -0.2) is 6.57 Å². The van der Waals surface area contributed by atoms with Crippen molar-refractivity contribution < 1.29 is 9.15 Å². The van der Waals surface area contributed by atoms with Gasteiger partial charge in [-0.05, 0) is 24.6 Å². The lowest BCUT2D eigenvalue weighted by atomic mass is 9.75. The lowest BCUT2D eigenvalue weighted by Crippen LogP contribution is -2.32. The van der Waals surface area contributed by atoms with E-state index in [1.54, 1.807) is 7.11 Å². The van der Waals surface area contributed by atoms with Crippen LogP contribution >= 0.6 is 0 Å². The van der Waals surface area contributed by atoms with E-state index in [2.05, 4.69) is 15.0 Å². The van der Waals surface area contributed by atoms with Crippen LogP contribution in [0.2, 0.25) is 0 Å². The molecule has 1 atom stereocenters. The Morgan fingerprint density at radius 1 is 1.22 bits per heavy atom. The van der Waals surface area contributed by atoms with Crippen molar-refractivity contribution in [3.8, 4) is 5.75 Å². The molecule has 6 heteroatoms. The van der Waals surface area contributed by atoms with Crippen LogP contribution in [-0.4, -0.2) is 17.3 Å². The molecule has 2 N–H and O–H groups in total. The van der Waals surface area contributed by atoms with Gasteiger partial charge < -0.3 is 19.1 Å². The first kappa shape index (κ1) is 15.8. The number of furan rings is 1. The van der Waals surface area contributed by atoms with Crippen molar-refractivity contribution in [2.45, 2.75) is 24.8 Å². The zero-order valence-corrected chi connectivity index (χ0v) is 14.8. The van der Waals surface area contributed by atoms with E-state index in [-0.39, 0.29) is 5.56 Å². The Morgan fingerprint density at radius 3 is 2.89 bits per heavy atom. The molecule has 1 aliphatic carbocycles. The molecule has 1 aliphatic rings. The highest BCUT2D eigenvalue weighted by Gasteiger charge is 2.46. The van der Waals surface area contributed by atoms with Gasteiger partial charge in [-0.1, -0.05) is 18.2 Å². The molecule has 2 heterocycles. The highest BCUT2D eigenvalue weighted by atomic mass is 16.5. The maximum Gasteiger partial charge on any atom is 0.267 e. The summed E-state index contributed by atoms with van der Waals surface area (Å²) in [6.45, 7) is 8.02. The molecule has 6 nitrogen and oxygen atoms in total. The Labute approximate surface area is 154 Å². The molecular formula is C21H17N3O3. The molecule has 0 fully saturated rings. The molecule has 1 unspecified atom stereocenters. The third-order valence-corrected chi connectivity index (χ3v) is 5.65. The van der Waals surface area contributed by atoms with Gasteiger partial charge in [-0.15, -0.1) is 0 Å². The molecule has 5 rings (SSSR count). The number of para-hydroxylation sites is 1. The third-order valence-electron chi connectivity index (χ3n) is 5.65. The summed E-state index contributed by atoms with van der Waals surface area (Å²) in [4.78, 5) is 16.3. The minimum atomic E-state index is -0.806. The first-order valence-electron chi connectivity index (χ1n) is 8.82. The van der Waals surface area contributed by atoms with Gasteiger partial charge in [0.2, 0.25) is 0 Å². The zero-order chi connectivity index (χ0) is 18.6. The van der Waals surface area contributed by atoms with Crippen LogP contribution in [-0.2, 0) is 18.4 Å². The number of benzene rings is 2. The van der Waals surface area contributed by atoms with E-state index in [0.717, 1.165) is 27.6 Å². The largest absolute Gasteiger partial charge is 0.493 e. The summed E-state index contributed by atoms with van der Waals surface area (Å²) in [5.74, 6) is 0.640. The molecule has 134 valence electrons. The van der Waals surface area contributed by atoms with Crippen LogP contribution in [0.4, 0.5) is 0 Å². The molecule has 0 radical (unpaired) electrons. The van der Waals surface area contributed by atoms with E-state index in [1.165, 1.54) is 0 Å². The number of nitrogens with one attached hydrogen (secondary N) is 2. The highest BCUT2D eigenvalue weighted by molar-refractivity contribution is 6.09. The molecule has 0 spiro atoms. The number of ether oxygens (including phenoxy) is 1. The van der Waals surface area contributed by atoms with E-state index >= 15 is 0 Å². The van der Waals surface area contributed by atoms with Gasteiger partial charge in [0.15, 0.2) is 11.3 Å². The fourth-order valence-corrected chi connectivity index (χ4v) is 4.27. The average Bonchev–Trinajstić information content (AvgIpc) is 3.28. The van der Waals surface area contributed by atoms with Crippen molar-refractivity contribution in [2.75, 3.05) is 7.11 Å². The van der Waals surface area contributed by atoms with Crippen molar-refractivity contribution in [1.29, 1.82) is 0 Å². The van der Waals surface area contributed by atoms with Crippen LogP contribution < -0.4 is 10.3 Å². The van der Waals surface area contributed by atoms with E-state index in [4.69, 9.17) is 15.7 Å². The number of aryl methyl sites for hydroxylation is 1. The average molecular weight is 359 g/mol. The minimum Gasteiger partial charge on any atom is -0.493 e. The quantitative estimate of drug-likeness (QED) is 0.533. The zero-order valence-electron chi connectivity index (χ0n) is 14.8. The smallest absolute Gasteiger partial charge is 0.267 e. The summed E-state index contributed by atoms with van der Waals surface area (Å²) >= 11 is 0. The van der Waals surface area contributed by atoms with Crippen LogP contribution in [0.25, 0.3) is 26.8 Å². The Balaban J connectivity index is 1.83. The number of aromatic nitrogens is 2. The predicted molar refractivity (Wildman–Crippen MR) is 102 cm³/mol. The Hall–Kier alpha value is -3.46. The van der Waals surface area contributed by atoms with Crippen molar-refractivity contribution >= 4 is 21.9 Å². The molecule has 0 saturated carbocycles. The predicted octanol–water partition coefficient (Wildman–Crippen LogP) is 3.91. The van der Waals surface area contributed by atoms with Crippen molar-refractivity contribution in [1.82, 2.24) is 10.2 Å². The lowest BCUT2D eigenvalue weighted by molar-refractivity contribution is 0.410. The van der Waals surface area contributed by atoms with Gasteiger partial charge in [0.25, 0.3) is 11.1 Å². The summed E-state index contributed by atoms with van der Waals surface area (Å²) in [5.41, 5.74) is 2.93. The molecule has 2 aromatic carbocycles. The summed E-state index contributed by atoms with van der Waals surface area (Å²) in [6.07, 6.45) is 1.67. The molecule has 2 aromatic heterocycles. The van der Waals surface area contributed by atoms with Gasteiger partial charge in [-0.3, -0.25) is 9.89 Å². The SMILES string of the molecule is [C-]#[N+]C1(c2ccc(OC)c3oc4ccccc4c23)CCc2[nH][nH]c(=O)c2C1. The fraction of sp³-hybridized carbons (Fsp3) is 0.238. The third kappa shape index (κ3) is 2.08. The van der Waals surface area contributed by atoms with Gasteiger partial charge in [0.05, 0.1) is 13.5 Å². The van der Waals surface area contributed by atoms with Crippen LogP contribution in [0, 0.1) is 6.57 Å². The van der Waals surface area contributed by atoms with Crippen LogP contribution in [0.1, 0.15) is 23.2 Å². The Bertz CT molecular complexity index is 1290. The second-order valence-electron chi connectivity index (χ2n) is 6.97. The minimum absolute atomic E-state index is 0.139. The van der Waals surface area contributed by atoms with Crippen molar-refractivity contribution in [2.24, 2.45) is 0 Å². The second-order valence-corrected chi connectivity index (χ2v) is 6.97. The van der Waals surface area contributed by atoms with E-state index in [9.17, 15) is 4.79 Å². The molecular weight excluding hydrogens is 342 g/mol. The summed E-state index contributed by atoms with van der Waals surface area (Å²) in [7, 11) is 1.61. The van der Waals surface area contributed by atoms with Crippen molar-refractivity contribution in [3.63, 3.8) is 0 Å². The van der Waals surface area contributed by atoms with Gasteiger partial charge in [0.1, 0.15) is 5.58 Å². The van der Waals surface area contributed by atoms with Gasteiger partial charge in [0, 0.05) is 34.0 Å². The van der Waals surface area contributed by atoms with Crippen LogP contribution in [0.15, 0.2) is 45.6 Å². The molecule has 4 aromatic rings. The summed E-state index contributed by atoms with van der Waals surface area (Å²) in [6, 6.07) is 11.6. The normalized spacial score (nSPS) is 19.1. The number of H-pyrrole nitrogens is 2. The first-order valence-corrected chi connectivity index (χ1v) is 8.82. The second kappa shape index (κ2) is 5.52. The van der Waals surface area contributed by atoms with E-state index in [0.29, 0.717) is 36.2 Å². The molecule has 0 aliphatic heterocycles. The van der Waals surface area contributed by atoms with Crippen LogP contribution in [0.3, 0.4) is 0 Å². The van der Waals surface area contributed by atoms with Gasteiger partial charge >= 0.3 is 0 Å². The van der Waals surface area contributed by atoms with Gasteiger partial charge in [-0.2, -0.15) is 0 Å². The number of hydrogen-bond donors (Lipinski definition) is 2. The number of aromatic amines is 2. The Morgan fingerprint density at radius 2 is 2.07 bits per heavy atom. The van der Waals surface area contributed by atoms with E-state index in [1.807, 2.05) is 36.4 Å². The first-order chi connectivity index (χ1) is 13.2. The molecule has 0 bridgehead atoms. The standard InChI is InChI=1S/C21H17N3O3/c1-22-21(10-9-15-13(11-21)20(25)24-23-15)14-7-8-17(26-2)19-18(14)12-5-3-4-6-16(12)27-19/h3-8H,9-11H2,2H3,(H2,23,24,25). The monoisotopic (exact) mass is 359 g/mol. The molecule has 0 amide bonds. The number of hydrogen-bond acceptors (Lipinski definition) is 3. The number of nitrogens with zero attached hydrogens (tertiary/aromatic N) is 1. The number of rotatable bonds is 2. The highest BCUT2D eigenvalue weighted by Crippen LogP contribution is 2.46. The number of fused-ring (bicyclic) bond motifs is 4. The summed E-state index contributed by atoms with van der Waals surface area (Å²) in [5, 5.41) is 7.45. The fourth-order valence-electron chi connectivity index (χ4n) is 4.27. The van der Waals surface area contributed by atoms with Crippen LogP contribution in [0.5, 0.6) is 5.75 Å². The summed E-state index contributed by atoms with van der Waals surface area (Å²) < 4.78 is 11.6. The number of methoxy groups -OCH3 is 1. The lowest BCUT2D eigenvalue weighted by Gasteiger charge is -2.26. The molecule has 27 heavy (non-hydrogen) atoms. The Kier molecular flexibility index (Phi) is 3.22. The molecule has 0 saturated heterocycles. The van der Waals surface area contributed by atoms with Crippen molar-refractivity contribution in [3.05, 3.63) is 75.0 Å². The topological polar surface area (TPSA) is 75.4 Å². The maximum atomic E-state index is 12.2. The maximum absolute atomic E-state index is 12.2.